The van der Waals surface area contributed by atoms with Crippen LogP contribution in [0.15, 0.2) is 29.2 Å². The van der Waals surface area contributed by atoms with E-state index in [1.54, 1.807) is 12.1 Å². The van der Waals surface area contributed by atoms with Crippen LogP contribution < -0.4 is 0 Å². The minimum absolute atomic E-state index is 0.196. The van der Waals surface area contributed by atoms with Crippen LogP contribution in [0.5, 0.6) is 0 Å². The number of carbonyl (C=O) groups is 2. The molecule has 12 heteroatoms. The molecule has 2 aliphatic rings. The lowest BCUT2D eigenvalue weighted by molar-refractivity contribution is -0.192. The molecular weight excluding hydrogens is 451 g/mol. The van der Waals surface area contributed by atoms with Crippen LogP contribution in [0.2, 0.25) is 0 Å². The zero-order valence-electron chi connectivity index (χ0n) is 18.2. The Hall–Kier alpha value is -2.18. The number of hydrogen-bond acceptors (Lipinski definition) is 5. The maximum atomic E-state index is 12.8. The van der Waals surface area contributed by atoms with Crippen molar-refractivity contribution in [2.24, 2.45) is 5.41 Å². The number of carbonyl (C=O) groups excluding carboxylic acids is 1. The van der Waals surface area contributed by atoms with Crippen LogP contribution in [0.4, 0.5) is 13.2 Å². The van der Waals surface area contributed by atoms with Crippen molar-refractivity contribution in [3.8, 4) is 0 Å². The van der Waals surface area contributed by atoms with E-state index in [9.17, 15) is 26.4 Å². The number of likely N-dealkylation sites (N-methyl/N-ethyl adjacent to an activating group) is 1. The number of alkyl halides is 3. The molecule has 0 radical (unpaired) electrons. The average molecular weight is 480 g/mol. The number of aliphatic carboxylic acids is 1. The molecule has 0 unspecified atom stereocenters. The van der Waals surface area contributed by atoms with Crippen LogP contribution in [0, 0.1) is 12.3 Å². The van der Waals surface area contributed by atoms with Crippen LogP contribution in [0.1, 0.15) is 18.4 Å². The van der Waals surface area contributed by atoms with Gasteiger partial charge in [0.1, 0.15) is 0 Å². The Bertz CT molecular complexity index is 925. The molecule has 1 aromatic carbocycles. The third-order valence-electron chi connectivity index (χ3n) is 5.63. The second-order valence-electron chi connectivity index (χ2n) is 8.33. The van der Waals surface area contributed by atoms with E-state index in [0.717, 1.165) is 25.2 Å². The number of aryl methyl sites for hydroxylation is 1. The van der Waals surface area contributed by atoms with Crippen LogP contribution in [0.3, 0.4) is 0 Å². The Labute approximate surface area is 185 Å². The zero-order chi connectivity index (χ0) is 24.3. The van der Waals surface area contributed by atoms with E-state index in [1.807, 2.05) is 38.1 Å². The Morgan fingerprint density at radius 2 is 1.66 bits per heavy atom. The molecule has 3 rings (SSSR count). The van der Waals surface area contributed by atoms with Gasteiger partial charge in [-0.3, -0.25) is 4.79 Å². The van der Waals surface area contributed by atoms with Gasteiger partial charge < -0.3 is 14.9 Å². The number of hydrogen-bond donors (Lipinski definition) is 1. The van der Waals surface area contributed by atoms with E-state index in [-0.39, 0.29) is 11.3 Å². The molecule has 2 saturated heterocycles. The second-order valence-corrected chi connectivity index (χ2v) is 10.3. The summed E-state index contributed by atoms with van der Waals surface area (Å²) in [5.41, 5.74) is 0.709. The van der Waals surface area contributed by atoms with Crippen molar-refractivity contribution < 1.29 is 36.3 Å². The van der Waals surface area contributed by atoms with Gasteiger partial charge in [0, 0.05) is 32.7 Å². The van der Waals surface area contributed by atoms with Gasteiger partial charge >= 0.3 is 12.1 Å². The van der Waals surface area contributed by atoms with Gasteiger partial charge in [0.25, 0.3) is 0 Å². The highest BCUT2D eigenvalue weighted by Crippen LogP contribution is 2.42. The first-order valence-corrected chi connectivity index (χ1v) is 11.4. The number of rotatable bonds is 5. The normalized spacial score (nSPS) is 18.8. The lowest BCUT2D eigenvalue weighted by Crippen LogP contribution is -2.65. The maximum absolute atomic E-state index is 12.8. The molecule has 0 aromatic heterocycles. The van der Waals surface area contributed by atoms with Gasteiger partial charge in [-0.25, -0.2) is 13.2 Å². The fourth-order valence-electron chi connectivity index (χ4n) is 3.64. The van der Waals surface area contributed by atoms with E-state index in [2.05, 4.69) is 4.90 Å². The molecule has 0 atom stereocenters. The summed E-state index contributed by atoms with van der Waals surface area (Å²) in [6.45, 7) is 5.14. The number of halogens is 3. The van der Waals surface area contributed by atoms with Crippen molar-refractivity contribution in [3.63, 3.8) is 0 Å². The monoisotopic (exact) mass is 479 g/mol. The molecule has 0 aliphatic carbocycles. The van der Waals surface area contributed by atoms with E-state index < -0.39 is 22.2 Å². The molecular formula is C20H28F3N3O5S. The number of carboxylic acid groups (broad SMARTS) is 1. The standard InChI is InChI=1S/C18H27N3O3S.C2HF3O2/c1-15-4-6-16(7-5-15)25(23,24)21-10-8-18(9-11-21)14-20(17(18)22)13-12-19(2)3;3-2(4,5)1(6)7/h4-7H,8-14H2,1-3H3;(H,6,7). The highest BCUT2D eigenvalue weighted by molar-refractivity contribution is 7.89. The Morgan fingerprint density at radius 3 is 2.06 bits per heavy atom. The first kappa shape index (κ1) is 26.1. The van der Waals surface area contributed by atoms with Gasteiger partial charge in [0.15, 0.2) is 0 Å². The van der Waals surface area contributed by atoms with Gasteiger partial charge in [0.05, 0.1) is 10.3 Å². The highest BCUT2D eigenvalue weighted by Gasteiger charge is 2.53. The Kier molecular flexibility index (Phi) is 7.95. The Morgan fingerprint density at radius 1 is 1.16 bits per heavy atom. The van der Waals surface area contributed by atoms with E-state index >= 15 is 0 Å². The number of benzene rings is 1. The fraction of sp³-hybridized carbons (Fsp3) is 0.600. The van der Waals surface area contributed by atoms with Gasteiger partial charge in [-0.15, -0.1) is 0 Å². The maximum Gasteiger partial charge on any atom is 0.490 e. The largest absolute Gasteiger partial charge is 0.490 e. The summed E-state index contributed by atoms with van der Waals surface area (Å²) in [5.74, 6) is -2.56. The van der Waals surface area contributed by atoms with E-state index in [4.69, 9.17) is 9.90 Å². The predicted molar refractivity (Wildman–Crippen MR) is 110 cm³/mol. The molecule has 1 N–H and O–H groups in total. The van der Waals surface area contributed by atoms with Gasteiger partial charge in [-0.2, -0.15) is 17.5 Å². The van der Waals surface area contributed by atoms with Crippen molar-refractivity contribution >= 4 is 21.9 Å². The molecule has 8 nitrogen and oxygen atoms in total. The van der Waals surface area contributed by atoms with Crippen LogP contribution >= 0.6 is 0 Å². The molecule has 2 heterocycles. The van der Waals surface area contributed by atoms with E-state index in [0.29, 0.717) is 30.8 Å². The summed E-state index contributed by atoms with van der Waals surface area (Å²) in [6.07, 6.45) is -3.84. The van der Waals surface area contributed by atoms with Crippen molar-refractivity contribution in [2.45, 2.75) is 30.8 Å². The predicted octanol–water partition coefficient (Wildman–Crippen LogP) is 1.80. The van der Waals surface area contributed by atoms with Gasteiger partial charge in [0.2, 0.25) is 15.9 Å². The number of amides is 1. The molecule has 1 aromatic rings. The number of β-lactam (4-membered cyclic amide) rings is 1. The van der Waals surface area contributed by atoms with Crippen LogP contribution in [-0.4, -0.2) is 92.5 Å². The summed E-state index contributed by atoms with van der Waals surface area (Å²) in [4.78, 5) is 25.7. The Balaban J connectivity index is 0.000000451. The molecule has 2 fully saturated rings. The third-order valence-corrected chi connectivity index (χ3v) is 7.55. The molecule has 32 heavy (non-hydrogen) atoms. The number of carboxylic acids is 1. The second kappa shape index (κ2) is 9.75. The lowest BCUT2D eigenvalue weighted by atomic mass is 9.71. The number of nitrogens with zero attached hydrogens (tertiary/aromatic N) is 3. The molecule has 0 saturated carbocycles. The van der Waals surface area contributed by atoms with Crippen molar-refractivity contribution in [1.82, 2.24) is 14.1 Å². The lowest BCUT2D eigenvalue weighted by Gasteiger charge is -2.52. The molecule has 2 aliphatic heterocycles. The van der Waals surface area contributed by atoms with Crippen molar-refractivity contribution in [3.05, 3.63) is 29.8 Å². The molecule has 180 valence electrons. The first-order valence-electron chi connectivity index (χ1n) is 10.0. The minimum Gasteiger partial charge on any atom is -0.475 e. The summed E-state index contributed by atoms with van der Waals surface area (Å²) in [6, 6.07) is 6.95. The quantitative estimate of drug-likeness (QED) is 0.647. The molecule has 0 bridgehead atoms. The molecule has 1 spiro atoms. The molecule has 1 amide bonds. The number of piperidine rings is 1. The first-order chi connectivity index (χ1) is 14.7. The summed E-state index contributed by atoms with van der Waals surface area (Å²) in [5, 5.41) is 7.12. The van der Waals surface area contributed by atoms with Gasteiger partial charge in [-0.05, 0) is 46.0 Å². The minimum atomic E-state index is -5.08. The average Bonchev–Trinajstić information content (AvgIpc) is 2.71. The zero-order valence-corrected chi connectivity index (χ0v) is 19.0. The van der Waals surface area contributed by atoms with Crippen molar-refractivity contribution in [1.29, 1.82) is 0 Å². The highest BCUT2D eigenvalue weighted by atomic mass is 32.2. The summed E-state index contributed by atoms with van der Waals surface area (Å²) < 4.78 is 58.8. The number of sulfonamides is 1. The smallest absolute Gasteiger partial charge is 0.475 e. The SMILES string of the molecule is Cc1ccc(S(=O)(=O)N2CCC3(CC2)CN(CCN(C)C)C3=O)cc1.O=C(O)C(F)(F)F. The van der Waals surface area contributed by atoms with Crippen LogP contribution in [0.25, 0.3) is 0 Å². The van der Waals surface area contributed by atoms with Crippen LogP contribution in [-0.2, 0) is 19.6 Å². The number of likely N-dealkylation sites (tertiary alicyclic amines) is 1. The summed E-state index contributed by atoms with van der Waals surface area (Å²) >= 11 is 0. The van der Waals surface area contributed by atoms with Crippen molar-refractivity contribution in [2.75, 3.05) is 46.8 Å². The fourth-order valence-corrected chi connectivity index (χ4v) is 5.08. The summed E-state index contributed by atoms with van der Waals surface area (Å²) in [7, 11) is 0.525. The third kappa shape index (κ3) is 5.99. The van der Waals surface area contributed by atoms with Gasteiger partial charge in [-0.1, -0.05) is 17.7 Å². The van der Waals surface area contributed by atoms with E-state index in [1.165, 1.54) is 4.31 Å². The topological polar surface area (TPSA) is 98.2 Å².